The zero-order valence-corrected chi connectivity index (χ0v) is 10.5. The van der Waals surface area contributed by atoms with E-state index in [1.54, 1.807) is 0 Å². The fourth-order valence-electron chi connectivity index (χ4n) is 3.59. The molecule has 2 rings (SSSR count). The van der Waals surface area contributed by atoms with Crippen LogP contribution >= 0.6 is 0 Å². The summed E-state index contributed by atoms with van der Waals surface area (Å²) in [6.45, 7) is 6.17. The number of hydrogen-bond acceptors (Lipinski definition) is 3. The van der Waals surface area contributed by atoms with E-state index in [1.807, 2.05) is 0 Å². The van der Waals surface area contributed by atoms with Gasteiger partial charge in [-0.15, -0.1) is 0 Å². The molecule has 16 heavy (non-hydrogen) atoms. The first-order valence-electron chi connectivity index (χ1n) is 6.74. The van der Waals surface area contributed by atoms with Gasteiger partial charge in [0.1, 0.15) is 0 Å². The third-order valence-corrected chi connectivity index (χ3v) is 4.43. The van der Waals surface area contributed by atoms with Crippen molar-refractivity contribution in [3.8, 4) is 0 Å². The van der Waals surface area contributed by atoms with Crippen LogP contribution in [0.25, 0.3) is 0 Å². The van der Waals surface area contributed by atoms with E-state index in [-0.39, 0.29) is 6.10 Å². The molecular formula is C13H26N2O. The Bertz CT molecular complexity index is 234. The Balaban J connectivity index is 1.93. The predicted molar refractivity (Wildman–Crippen MR) is 66.2 cm³/mol. The highest BCUT2D eigenvalue weighted by Gasteiger charge is 2.36. The van der Waals surface area contributed by atoms with Crippen LogP contribution in [-0.4, -0.2) is 42.3 Å². The number of rotatable bonds is 3. The number of aliphatic hydroxyl groups excluding tert-OH is 1. The van der Waals surface area contributed by atoms with Gasteiger partial charge < -0.3 is 15.7 Å². The molecule has 0 amide bonds. The Morgan fingerprint density at radius 3 is 2.81 bits per heavy atom. The summed E-state index contributed by atoms with van der Waals surface area (Å²) in [6.07, 6.45) is 6.09. The first kappa shape index (κ1) is 12.3. The van der Waals surface area contributed by atoms with Gasteiger partial charge in [0.2, 0.25) is 0 Å². The maximum atomic E-state index is 9.56. The maximum Gasteiger partial charge on any atom is 0.0679 e. The number of nitrogens with two attached hydrogens (primary N) is 1. The van der Waals surface area contributed by atoms with Crippen LogP contribution < -0.4 is 5.73 Å². The average Bonchev–Trinajstić information content (AvgIpc) is 2.64. The largest absolute Gasteiger partial charge is 0.392 e. The Kier molecular flexibility index (Phi) is 3.88. The molecule has 3 heteroatoms. The molecule has 2 fully saturated rings. The second-order valence-corrected chi connectivity index (χ2v) is 6.08. The van der Waals surface area contributed by atoms with Crippen molar-refractivity contribution in [3.05, 3.63) is 0 Å². The minimum Gasteiger partial charge on any atom is -0.392 e. The molecule has 1 aliphatic heterocycles. The Morgan fingerprint density at radius 1 is 1.44 bits per heavy atom. The van der Waals surface area contributed by atoms with E-state index in [4.69, 9.17) is 5.73 Å². The molecular weight excluding hydrogens is 200 g/mol. The van der Waals surface area contributed by atoms with Crippen molar-refractivity contribution >= 4 is 0 Å². The third-order valence-electron chi connectivity index (χ3n) is 4.43. The van der Waals surface area contributed by atoms with Crippen molar-refractivity contribution in [2.75, 3.05) is 26.2 Å². The van der Waals surface area contributed by atoms with Crippen molar-refractivity contribution in [2.24, 2.45) is 17.1 Å². The fraction of sp³-hybridized carbons (Fsp3) is 1.00. The van der Waals surface area contributed by atoms with Crippen molar-refractivity contribution in [2.45, 2.75) is 45.1 Å². The quantitative estimate of drug-likeness (QED) is 0.760. The SMILES string of the molecule is CC1CCCC(CN)(CN2CCC(O)C2)C1. The molecule has 1 heterocycles. The van der Waals surface area contributed by atoms with Gasteiger partial charge in [-0.05, 0) is 37.1 Å². The standard InChI is InChI=1S/C13H26N2O/c1-11-3-2-5-13(7-11,9-14)10-15-6-4-12(16)8-15/h11-12,16H,2-10,14H2,1H3. The molecule has 0 aromatic carbocycles. The molecule has 3 atom stereocenters. The fourth-order valence-corrected chi connectivity index (χ4v) is 3.59. The van der Waals surface area contributed by atoms with Crippen LogP contribution in [0.1, 0.15) is 39.0 Å². The Morgan fingerprint density at radius 2 is 2.25 bits per heavy atom. The lowest BCUT2D eigenvalue weighted by atomic mass is 9.70. The van der Waals surface area contributed by atoms with Crippen molar-refractivity contribution in [1.29, 1.82) is 0 Å². The van der Waals surface area contributed by atoms with E-state index in [1.165, 1.54) is 25.7 Å². The van der Waals surface area contributed by atoms with Gasteiger partial charge in [0.25, 0.3) is 0 Å². The summed E-state index contributed by atoms with van der Waals surface area (Å²) in [4.78, 5) is 2.41. The average molecular weight is 226 g/mol. The molecule has 0 bridgehead atoms. The molecule has 3 N–H and O–H groups in total. The maximum absolute atomic E-state index is 9.56. The third kappa shape index (κ3) is 2.76. The van der Waals surface area contributed by atoms with Gasteiger partial charge in [-0.3, -0.25) is 0 Å². The molecule has 0 aromatic rings. The van der Waals surface area contributed by atoms with Crippen molar-refractivity contribution in [1.82, 2.24) is 4.90 Å². The molecule has 3 unspecified atom stereocenters. The Labute approximate surface area is 99.0 Å². The highest BCUT2D eigenvalue weighted by Crippen LogP contribution is 2.39. The number of likely N-dealkylation sites (tertiary alicyclic amines) is 1. The predicted octanol–water partition coefficient (Wildman–Crippen LogP) is 1.21. The smallest absolute Gasteiger partial charge is 0.0679 e. The monoisotopic (exact) mass is 226 g/mol. The van der Waals surface area contributed by atoms with Gasteiger partial charge in [0.15, 0.2) is 0 Å². The second kappa shape index (κ2) is 5.03. The number of nitrogens with zero attached hydrogens (tertiary/aromatic N) is 1. The summed E-state index contributed by atoms with van der Waals surface area (Å²) in [5.74, 6) is 0.824. The second-order valence-electron chi connectivity index (χ2n) is 6.08. The molecule has 3 nitrogen and oxygen atoms in total. The first-order valence-corrected chi connectivity index (χ1v) is 6.74. The zero-order valence-electron chi connectivity index (χ0n) is 10.5. The number of β-amino-alcohol motifs (C(OH)–C–C–N with tert-alkyl or cyclic N) is 1. The van der Waals surface area contributed by atoms with Crippen LogP contribution in [0.3, 0.4) is 0 Å². The van der Waals surface area contributed by atoms with Crippen molar-refractivity contribution in [3.63, 3.8) is 0 Å². The van der Waals surface area contributed by atoms with Gasteiger partial charge >= 0.3 is 0 Å². The summed E-state index contributed by atoms with van der Waals surface area (Å²) >= 11 is 0. The molecule has 1 saturated heterocycles. The van der Waals surface area contributed by atoms with Crippen LogP contribution in [0.15, 0.2) is 0 Å². The van der Waals surface area contributed by atoms with E-state index < -0.39 is 0 Å². The van der Waals surface area contributed by atoms with E-state index in [0.717, 1.165) is 38.5 Å². The Hall–Kier alpha value is -0.120. The topological polar surface area (TPSA) is 49.5 Å². The van der Waals surface area contributed by atoms with Crippen LogP contribution in [-0.2, 0) is 0 Å². The molecule has 94 valence electrons. The number of aliphatic hydroxyl groups is 1. The molecule has 1 saturated carbocycles. The lowest BCUT2D eigenvalue weighted by molar-refractivity contribution is 0.0907. The summed E-state index contributed by atoms with van der Waals surface area (Å²) in [6, 6.07) is 0. The van der Waals surface area contributed by atoms with E-state index in [0.29, 0.717) is 5.41 Å². The molecule has 0 aromatic heterocycles. The minimum atomic E-state index is -0.101. The molecule has 0 radical (unpaired) electrons. The van der Waals surface area contributed by atoms with E-state index >= 15 is 0 Å². The highest BCUT2D eigenvalue weighted by molar-refractivity contribution is 4.90. The van der Waals surface area contributed by atoms with Gasteiger partial charge in [-0.2, -0.15) is 0 Å². The summed E-state index contributed by atoms with van der Waals surface area (Å²) in [5.41, 5.74) is 6.36. The van der Waals surface area contributed by atoms with Crippen molar-refractivity contribution < 1.29 is 5.11 Å². The molecule has 0 spiro atoms. The van der Waals surface area contributed by atoms with E-state index in [9.17, 15) is 5.11 Å². The molecule has 1 aliphatic carbocycles. The highest BCUT2D eigenvalue weighted by atomic mass is 16.3. The normalized spacial score (nSPS) is 41.4. The summed E-state index contributed by atoms with van der Waals surface area (Å²) < 4.78 is 0. The van der Waals surface area contributed by atoms with Gasteiger partial charge in [0.05, 0.1) is 6.10 Å². The zero-order chi connectivity index (χ0) is 11.6. The minimum absolute atomic E-state index is 0.101. The van der Waals surface area contributed by atoms with Crippen LogP contribution in [0, 0.1) is 11.3 Å². The number of hydrogen-bond donors (Lipinski definition) is 2. The summed E-state index contributed by atoms with van der Waals surface area (Å²) in [7, 11) is 0. The van der Waals surface area contributed by atoms with Gasteiger partial charge in [-0.1, -0.05) is 19.8 Å². The summed E-state index contributed by atoms with van der Waals surface area (Å²) in [5, 5.41) is 9.56. The first-order chi connectivity index (χ1) is 7.63. The lowest BCUT2D eigenvalue weighted by Gasteiger charge is -2.41. The van der Waals surface area contributed by atoms with Crippen LogP contribution in [0.2, 0.25) is 0 Å². The van der Waals surface area contributed by atoms with Crippen LogP contribution in [0.5, 0.6) is 0 Å². The lowest BCUT2D eigenvalue weighted by Crippen LogP contribution is -2.44. The van der Waals surface area contributed by atoms with Gasteiger partial charge in [-0.25, -0.2) is 0 Å². The van der Waals surface area contributed by atoms with E-state index in [2.05, 4.69) is 11.8 Å². The van der Waals surface area contributed by atoms with Gasteiger partial charge in [0, 0.05) is 19.6 Å². The molecule has 2 aliphatic rings. The van der Waals surface area contributed by atoms with Crippen LogP contribution in [0.4, 0.5) is 0 Å².